The summed E-state index contributed by atoms with van der Waals surface area (Å²) in [5.41, 5.74) is 1.62. The third-order valence-corrected chi connectivity index (χ3v) is 5.45. The lowest BCUT2D eigenvalue weighted by atomic mass is 10.1. The number of para-hydroxylation sites is 1. The molecule has 0 bridgehead atoms. The third kappa shape index (κ3) is 3.95. The topological polar surface area (TPSA) is 40.6 Å². The molecule has 0 N–H and O–H groups in total. The predicted molar refractivity (Wildman–Crippen MR) is 89.6 cm³/mol. The van der Waals surface area contributed by atoms with Crippen molar-refractivity contribution < 1.29 is 8.42 Å². The lowest BCUT2D eigenvalue weighted by molar-refractivity contribution is 0.394. The maximum absolute atomic E-state index is 12.7. The first-order valence-corrected chi connectivity index (χ1v) is 8.32. The van der Waals surface area contributed by atoms with E-state index in [2.05, 4.69) is 6.58 Å². The molecule has 1 aromatic rings. The molecule has 1 unspecified atom stereocenters. The Morgan fingerprint density at radius 1 is 1.29 bits per heavy atom. The number of anilines is 1. The van der Waals surface area contributed by atoms with Gasteiger partial charge in [-0.05, 0) is 25.5 Å². The molecule has 1 atom stereocenters. The molecule has 0 amide bonds. The van der Waals surface area contributed by atoms with E-state index in [9.17, 15) is 8.42 Å². The van der Waals surface area contributed by atoms with Crippen molar-refractivity contribution in [3.8, 4) is 0 Å². The molecule has 0 spiro atoms. The van der Waals surface area contributed by atoms with Gasteiger partial charge in [0, 0.05) is 20.1 Å². The highest BCUT2D eigenvalue weighted by Gasteiger charge is 2.30. The van der Waals surface area contributed by atoms with Crippen molar-refractivity contribution in [1.82, 2.24) is 4.31 Å². The molecule has 116 valence electrons. The number of likely N-dealkylation sites (N-methyl/N-ethyl adjacent to an activating group) is 1. The molecule has 0 aliphatic carbocycles. The van der Waals surface area contributed by atoms with Crippen LogP contribution in [0, 0.1) is 0 Å². The van der Waals surface area contributed by atoms with Gasteiger partial charge in [0.15, 0.2) is 0 Å². The average Bonchev–Trinajstić information content (AvgIpc) is 2.48. The number of rotatable bonds is 7. The van der Waals surface area contributed by atoms with Crippen LogP contribution in [0.5, 0.6) is 0 Å². The van der Waals surface area contributed by atoms with Gasteiger partial charge in [-0.2, -0.15) is 12.7 Å². The quantitative estimate of drug-likeness (QED) is 0.726. The van der Waals surface area contributed by atoms with Crippen LogP contribution in [0.4, 0.5) is 5.69 Å². The Morgan fingerprint density at radius 3 is 2.33 bits per heavy atom. The van der Waals surface area contributed by atoms with E-state index in [1.165, 1.54) is 8.61 Å². The van der Waals surface area contributed by atoms with E-state index in [0.29, 0.717) is 12.1 Å². The highest BCUT2D eigenvalue weighted by molar-refractivity contribution is 7.90. The van der Waals surface area contributed by atoms with Crippen molar-refractivity contribution >= 4 is 15.9 Å². The molecule has 0 radical (unpaired) electrons. The molecule has 1 aromatic carbocycles. The second kappa shape index (κ2) is 7.43. The van der Waals surface area contributed by atoms with E-state index < -0.39 is 10.2 Å². The van der Waals surface area contributed by atoms with E-state index in [1.54, 1.807) is 32.3 Å². The van der Waals surface area contributed by atoms with Crippen molar-refractivity contribution in [3.05, 3.63) is 54.6 Å². The zero-order valence-corrected chi connectivity index (χ0v) is 14.0. The highest BCUT2D eigenvalue weighted by atomic mass is 32.2. The first-order valence-electron chi connectivity index (χ1n) is 6.92. The number of hydrogen-bond donors (Lipinski definition) is 0. The largest absolute Gasteiger partial charge is 0.304 e. The van der Waals surface area contributed by atoms with Crippen molar-refractivity contribution in [2.45, 2.75) is 26.3 Å². The Labute approximate surface area is 128 Å². The summed E-state index contributed by atoms with van der Waals surface area (Å²) >= 11 is 0. The van der Waals surface area contributed by atoms with Crippen molar-refractivity contribution in [1.29, 1.82) is 0 Å². The van der Waals surface area contributed by atoms with Gasteiger partial charge in [-0.15, -0.1) is 0 Å². The van der Waals surface area contributed by atoms with Gasteiger partial charge >= 0.3 is 10.2 Å². The molecule has 0 saturated heterocycles. The minimum Gasteiger partial charge on any atom is -0.261 e. The molecule has 4 nitrogen and oxygen atoms in total. The molecule has 0 aliphatic rings. The van der Waals surface area contributed by atoms with Gasteiger partial charge in [0.25, 0.3) is 0 Å². The standard InChI is InChI=1S/C16H24N2O2S/c1-6-11-14(3)16(7-2)18(5)21(19,20)17(4)15-12-9-8-10-13-15/h6,8-13,16H,1,7H2,2-5H3. The SMILES string of the molecule is C=CC=C(C)C(CC)N(C)S(=O)(=O)N(C)c1ccccc1. The summed E-state index contributed by atoms with van der Waals surface area (Å²) < 4.78 is 28.2. The molecule has 1 rings (SSSR count). The summed E-state index contributed by atoms with van der Waals surface area (Å²) in [5.74, 6) is 0. The van der Waals surface area contributed by atoms with Crippen molar-refractivity contribution in [2.75, 3.05) is 18.4 Å². The van der Waals surface area contributed by atoms with Gasteiger partial charge < -0.3 is 0 Å². The van der Waals surface area contributed by atoms with Crippen LogP contribution >= 0.6 is 0 Å². The smallest absolute Gasteiger partial charge is 0.261 e. The summed E-state index contributed by atoms with van der Waals surface area (Å²) in [5, 5.41) is 0. The zero-order valence-electron chi connectivity index (χ0n) is 13.2. The molecule has 5 heteroatoms. The monoisotopic (exact) mass is 308 g/mol. The van der Waals surface area contributed by atoms with Crippen LogP contribution in [0.3, 0.4) is 0 Å². The minimum atomic E-state index is -3.58. The van der Waals surface area contributed by atoms with Gasteiger partial charge in [0.2, 0.25) is 0 Å². The third-order valence-electron chi connectivity index (χ3n) is 3.56. The second-order valence-corrected chi connectivity index (χ2v) is 6.92. The van der Waals surface area contributed by atoms with Gasteiger partial charge in [-0.3, -0.25) is 4.31 Å². The first kappa shape index (κ1) is 17.5. The fourth-order valence-corrected chi connectivity index (χ4v) is 3.70. The van der Waals surface area contributed by atoms with E-state index in [-0.39, 0.29) is 6.04 Å². The Kier molecular flexibility index (Phi) is 6.18. The van der Waals surface area contributed by atoms with Gasteiger partial charge in [-0.1, -0.05) is 49.4 Å². The molecule has 0 aromatic heterocycles. The predicted octanol–water partition coefficient (Wildman–Crippen LogP) is 3.21. The van der Waals surface area contributed by atoms with Crippen LogP contribution in [-0.4, -0.2) is 32.9 Å². The zero-order chi connectivity index (χ0) is 16.0. The molecule has 0 heterocycles. The summed E-state index contributed by atoms with van der Waals surface area (Å²) in [6, 6.07) is 8.87. The lowest BCUT2D eigenvalue weighted by Gasteiger charge is -2.32. The summed E-state index contributed by atoms with van der Waals surface area (Å²) in [4.78, 5) is 0. The van der Waals surface area contributed by atoms with Crippen LogP contribution < -0.4 is 4.31 Å². The summed E-state index contributed by atoms with van der Waals surface area (Å²) in [6.07, 6.45) is 4.23. The molecule has 21 heavy (non-hydrogen) atoms. The maximum atomic E-state index is 12.7. The van der Waals surface area contributed by atoms with Crippen LogP contribution in [0.2, 0.25) is 0 Å². The summed E-state index contributed by atoms with van der Waals surface area (Å²) in [6.45, 7) is 7.56. The second-order valence-electron chi connectivity index (χ2n) is 4.90. The van der Waals surface area contributed by atoms with Crippen molar-refractivity contribution in [2.24, 2.45) is 0 Å². The van der Waals surface area contributed by atoms with Crippen molar-refractivity contribution in [3.63, 3.8) is 0 Å². The Morgan fingerprint density at radius 2 is 1.86 bits per heavy atom. The number of nitrogens with zero attached hydrogens (tertiary/aromatic N) is 2. The fraction of sp³-hybridized carbons (Fsp3) is 0.375. The first-order chi connectivity index (χ1) is 9.86. The lowest BCUT2D eigenvalue weighted by Crippen LogP contribution is -2.45. The Balaban J connectivity index is 3.11. The number of hydrogen-bond acceptors (Lipinski definition) is 2. The highest BCUT2D eigenvalue weighted by Crippen LogP contribution is 2.22. The molecule has 0 fully saturated rings. The van der Waals surface area contributed by atoms with Crippen LogP contribution in [0.15, 0.2) is 54.6 Å². The Hall–Kier alpha value is -1.59. The normalized spacial score (nSPS) is 14.0. The van der Waals surface area contributed by atoms with E-state index in [1.807, 2.05) is 38.1 Å². The summed E-state index contributed by atoms with van der Waals surface area (Å²) in [7, 11) is -0.391. The fourth-order valence-electron chi connectivity index (χ4n) is 2.29. The van der Waals surface area contributed by atoms with Gasteiger partial charge in [-0.25, -0.2) is 0 Å². The number of benzene rings is 1. The van der Waals surface area contributed by atoms with E-state index in [4.69, 9.17) is 0 Å². The maximum Gasteiger partial charge on any atom is 0.304 e. The van der Waals surface area contributed by atoms with E-state index >= 15 is 0 Å². The minimum absolute atomic E-state index is 0.181. The molecule has 0 aliphatic heterocycles. The average molecular weight is 308 g/mol. The molecular weight excluding hydrogens is 284 g/mol. The molecular formula is C16H24N2O2S. The van der Waals surface area contributed by atoms with Crippen LogP contribution in [0.1, 0.15) is 20.3 Å². The van der Waals surface area contributed by atoms with Gasteiger partial charge in [0.05, 0.1) is 5.69 Å². The van der Waals surface area contributed by atoms with Crippen LogP contribution in [0.25, 0.3) is 0 Å². The molecule has 0 saturated carbocycles. The van der Waals surface area contributed by atoms with Gasteiger partial charge in [0.1, 0.15) is 0 Å². The van der Waals surface area contributed by atoms with E-state index in [0.717, 1.165) is 5.57 Å². The van der Waals surface area contributed by atoms with Crippen LogP contribution in [-0.2, 0) is 10.2 Å². The number of allylic oxidation sites excluding steroid dienone is 2. The Bertz CT molecular complexity index is 594.